The standard InChI is InChI=1S/C16H22O5/c1-12(17)19-10-15-11-20-16(2,21-15)9-8-13-4-6-14(18-3)7-5-13/h4-7,15H,8-11H2,1-3H3/t15-,16+/m1/s1. The van der Waals surface area contributed by atoms with Crippen LogP contribution in [-0.2, 0) is 25.4 Å². The highest BCUT2D eigenvalue weighted by Crippen LogP contribution is 2.28. The van der Waals surface area contributed by atoms with E-state index < -0.39 is 5.79 Å². The number of methoxy groups -OCH3 is 1. The average Bonchev–Trinajstić information content (AvgIpc) is 2.86. The molecule has 1 aliphatic rings. The minimum absolute atomic E-state index is 0.185. The average molecular weight is 294 g/mol. The lowest BCUT2D eigenvalue weighted by Crippen LogP contribution is -2.29. The highest BCUT2D eigenvalue weighted by atomic mass is 16.7. The number of esters is 1. The number of carbonyl (C=O) groups excluding carboxylic acids is 1. The van der Waals surface area contributed by atoms with Crippen LogP contribution in [0.1, 0.15) is 25.8 Å². The number of hydrogen-bond acceptors (Lipinski definition) is 5. The normalized spacial score (nSPS) is 24.8. The van der Waals surface area contributed by atoms with Gasteiger partial charge in [-0.05, 0) is 31.0 Å². The number of carbonyl (C=O) groups is 1. The van der Waals surface area contributed by atoms with Crippen LogP contribution in [0.15, 0.2) is 24.3 Å². The van der Waals surface area contributed by atoms with E-state index in [4.69, 9.17) is 18.9 Å². The van der Waals surface area contributed by atoms with Gasteiger partial charge in [-0.15, -0.1) is 0 Å². The van der Waals surface area contributed by atoms with E-state index >= 15 is 0 Å². The van der Waals surface area contributed by atoms with Crippen LogP contribution >= 0.6 is 0 Å². The van der Waals surface area contributed by atoms with Crippen molar-refractivity contribution in [2.45, 2.75) is 38.6 Å². The second kappa shape index (κ2) is 6.91. The lowest BCUT2D eigenvalue weighted by molar-refractivity contribution is -0.168. The van der Waals surface area contributed by atoms with E-state index in [1.165, 1.54) is 12.5 Å². The zero-order valence-electron chi connectivity index (χ0n) is 12.8. The molecule has 0 bridgehead atoms. The Morgan fingerprint density at radius 1 is 1.38 bits per heavy atom. The molecule has 2 rings (SSSR count). The molecule has 0 N–H and O–H groups in total. The molecule has 0 aromatic heterocycles. The van der Waals surface area contributed by atoms with Crippen molar-refractivity contribution in [1.82, 2.24) is 0 Å². The molecule has 116 valence electrons. The molecule has 5 heteroatoms. The van der Waals surface area contributed by atoms with Gasteiger partial charge in [0.15, 0.2) is 5.79 Å². The topological polar surface area (TPSA) is 54.0 Å². The first-order valence-corrected chi connectivity index (χ1v) is 7.09. The van der Waals surface area contributed by atoms with Crippen molar-refractivity contribution in [2.75, 3.05) is 20.3 Å². The molecule has 5 nitrogen and oxygen atoms in total. The van der Waals surface area contributed by atoms with E-state index in [1.54, 1.807) is 7.11 Å². The van der Waals surface area contributed by atoms with Crippen molar-refractivity contribution in [3.63, 3.8) is 0 Å². The summed E-state index contributed by atoms with van der Waals surface area (Å²) in [5.41, 5.74) is 1.20. The smallest absolute Gasteiger partial charge is 0.302 e. The third-order valence-electron chi connectivity index (χ3n) is 3.49. The molecule has 0 aliphatic carbocycles. The molecule has 1 aromatic rings. The Hall–Kier alpha value is -1.59. The quantitative estimate of drug-likeness (QED) is 0.754. The Kier molecular flexibility index (Phi) is 5.20. The summed E-state index contributed by atoms with van der Waals surface area (Å²) in [5.74, 6) is -0.0738. The van der Waals surface area contributed by atoms with E-state index in [0.29, 0.717) is 6.61 Å². The molecular weight excluding hydrogens is 272 g/mol. The molecule has 1 fully saturated rings. The third kappa shape index (κ3) is 4.72. The maximum absolute atomic E-state index is 10.8. The Labute approximate surface area is 125 Å². The van der Waals surface area contributed by atoms with Gasteiger partial charge in [0, 0.05) is 13.3 Å². The van der Waals surface area contributed by atoms with Crippen molar-refractivity contribution >= 4 is 5.97 Å². The number of hydrogen-bond donors (Lipinski definition) is 0. The SMILES string of the molecule is COc1ccc(CC[C@@]2(C)OC[C@@H](COC(C)=O)O2)cc1. The number of rotatable bonds is 6. The summed E-state index contributed by atoms with van der Waals surface area (Å²) in [6.07, 6.45) is 1.41. The van der Waals surface area contributed by atoms with Gasteiger partial charge in [-0.3, -0.25) is 4.79 Å². The fraction of sp³-hybridized carbons (Fsp3) is 0.562. The molecule has 0 spiro atoms. The van der Waals surface area contributed by atoms with Gasteiger partial charge in [-0.1, -0.05) is 12.1 Å². The van der Waals surface area contributed by atoms with E-state index in [1.807, 2.05) is 31.2 Å². The predicted molar refractivity (Wildman–Crippen MR) is 77.2 cm³/mol. The molecule has 0 saturated carbocycles. The van der Waals surface area contributed by atoms with Crippen molar-refractivity contribution in [1.29, 1.82) is 0 Å². The van der Waals surface area contributed by atoms with Gasteiger partial charge < -0.3 is 18.9 Å². The zero-order valence-corrected chi connectivity index (χ0v) is 12.8. The molecule has 0 unspecified atom stereocenters. The Bertz CT molecular complexity index is 470. The summed E-state index contributed by atoms with van der Waals surface area (Å²) in [6.45, 7) is 4.00. The minimum Gasteiger partial charge on any atom is -0.497 e. The van der Waals surface area contributed by atoms with E-state index in [2.05, 4.69) is 0 Å². The van der Waals surface area contributed by atoms with E-state index in [0.717, 1.165) is 18.6 Å². The molecule has 21 heavy (non-hydrogen) atoms. The molecule has 0 radical (unpaired) electrons. The van der Waals surface area contributed by atoms with Gasteiger partial charge in [0.05, 0.1) is 13.7 Å². The third-order valence-corrected chi connectivity index (χ3v) is 3.49. The van der Waals surface area contributed by atoms with Crippen LogP contribution in [0, 0.1) is 0 Å². The first kappa shape index (κ1) is 15.8. The second-order valence-electron chi connectivity index (χ2n) is 5.34. The van der Waals surface area contributed by atoms with Gasteiger partial charge in [-0.2, -0.15) is 0 Å². The predicted octanol–water partition coefficient (Wildman–Crippen LogP) is 2.32. The maximum atomic E-state index is 10.8. The highest BCUT2D eigenvalue weighted by Gasteiger charge is 2.37. The molecule has 0 amide bonds. The number of benzene rings is 1. The van der Waals surface area contributed by atoms with Gasteiger partial charge in [0.1, 0.15) is 18.5 Å². The van der Waals surface area contributed by atoms with Crippen LogP contribution in [0.4, 0.5) is 0 Å². The maximum Gasteiger partial charge on any atom is 0.302 e. The molecule has 1 saturated heterocycles. The molecule has 1 heterocycles. The van der Waals surface area contributed by atoms with E-state index in [9.17, 15) is 4.79 Å². The van der Waals surface area contributed by atoms with Crippen LogP contribution in [0.3, 0.4) is 0 Å². The van der Waals surface area contributed by atoms with Crippen LogP contribution in [0.2, 0.25) is 0 Å². The lowest BCUT2D eigenvalue weighted by Gasteiger charge is -2.23. The van der Waals surface area contributed by atoms with E-state index in [-0.39, 0.29) is 18.7 Å². The Balaban J connectivity index is 1.80. The lowest BCUT2D eigenvalue weighted by atomic mass is 10.1. The van der Waals surface area contributed by atoms with Crippen LogP contribution in [0.5, 0.6) is 5.75 Å². The molecule has 1 aliphatic heterocycles. The van der Waals surface area contributed by atoms with Gasteiger partial charge in [0.2, 0.25) is 0 Å². The van der Waals surface area contributed by atoms with Gasteiger partial charge in [-0.25, -0.2) is 0 Å². The fourth-order valence-corrected chi connectivity index (χ4v) is 2.28. The molecule has 1 aromatic carbocycles. The van der Waals surface area contributed by atoms with Gasteiger partial charge >= 0.3 is 5.97 Å². The number of ether oxygens (including phenoxy) is 4. The summed E-state index contributed by atoms with van der Waals surface area (Å²) in [7, 11) is 1.65. The summed E-state index contributed by atoms with van der Waals surface area (Å²) in [6, 6.07) is 7.95. The molecular formula is C16H22O5. The first-order chi connectivity index (χ1) is 10.0. The Morgan fingerprint density at radius 3 is 2.71 bits per heavy atom. The summed E-state index contributed by atoms with van der Waals surface area (Å²) in [5, 5.41) is 0. The summed E-state index contributed by atoms with van der Waals surface area (Å²) < 4.78 is 21.6. The van der Waals surface area contributed by atoms with Crippen LogP contribution < -0.4 is 4.74 Å². The summed E-state index contributed by atoms with van der Waals surface area (Å²) >= 11 is 0. The summed E-state index contributed by atoms with van der Waals surface area (Å²) in [4.78, 5) is 10.8. The fourth-order valence-electron chi connectivity index (χ4n) is 2.28. The van der Waals surface area contributed by atoms with Crippen LogP contribution in [0.25, 0.3) is 0 Å². The van der Waals surface area contributed by atoms with Crippen molar-refractivity contribution in [2.24, 2.45) is 0 Å². The monoisotopic (exact) mass is 294 g/mol. The number of aryl methyl sites for hydroxylation is 1. The Morgan fingerprint density at radius 2 is 2.10 bits per heavy atom. The van der Waals surface area contributed by atoms with Crippen molar-refractivity contribution in [3.8, 4) is 5.75 Å². The first-order valence-electron chi connectivity index (χ1n) is 7.09. The minimum atomic E-state index is -0.620. The van der Waals surface area contributed by atoms with Crippen molar-refractivity contribution < 1.29 is 23.7 Å². The largest absolute Gasteiger partial charge is 0.497 e. The van der Waals surface area contributed by atoms with Crippen molar-refractivity contribution in [3.05, 3.63) is 29.8 Å². The van der Waals surface area contributed by atoms with Crippen LogP contribution in [-0.4, -0.2) is 38.2 Å². The molecule has 2 atom stereocenters. The second-order valence-corrected chi connectivity index (χ2v) is 5.34. The highest BCUT2D eigenvalue weighted by molar-refractivity contribution is 5.65. The zero-order chi connectivity index (χ0) is 15.3. The van der Waals surface area contributed by atoms with Gasteiger partial charge in [0.25, 0.3) is 0 Å².